The number of nitrogens with two attached hydrogens (primary N) is 1. The Hall–Kier alpha value is -1.31. The molecular formula is C17H26N2. The summed E-state index contributed by atoms with van der Waals surface area (Å²) in [4.78, 5) is 4.59. The summed E-state index contributed by atoms with van der Waals surface area (Å²) in [5, 5.41) is 0. The average molecular weight is 258 g/mol. The van der Waals surface area contributed by atoms with Crippen molar-refractivity contribution in [3.63, 3.8) is 0 Å². The quantitative estimate of drug-likeness (QED) is 0.641. The minimum absolute atomic E-state index is 0.564. The van der Waals surface area contributed by atoms with Crippen molar-refractivity contribution in [3.05, 3.63) is 35.4 Å². The summed E-state index contributed by atoms with van der Waals surface area (Å²) in [5.41, 5.74) is 8.49. The van der Waals surface area contributed by atoms with Crippen LogP contribution in [-0.4, -0.2) is 12.4 Å². The van der Waals surface area contributed by atoms with Crippen molar-refractivity contribution in [1.29, 1.82) is 0 Å². The molecule has 104 valence electrons. The Labute approximate surface area is 117 Å². The van der Waals surface area contributed by atoms with Crippen LogP contribution in [-0.2, 0) is 0 Å². The van der Waals surface area contributed by atoms with Gasteiger partial charge >= 0.3 is 0 Å². The van der Waals surface area contributed by atoms with Crippen LogP contribution in [0.1, 0.15) is 63.0 Å². The van der Waals surface area contributed by atoms with Gasteiger partial charge in [0.1, 0.15) is 5.84 Å². The predicted molar refractivity (Wildman–Crippen MR) is 82.7 cm³/mol. The molecule has 0 amide bonds. The zero-order valence-electron chi connectivity index (χ0n) is 12.2. The Bertz CT molecular complexity index is 411. The van der Waals surface area contributed by atoms with E-state index in [1.54, 1.807) is 0 Å². The van der Waals surface area contributed by atoms with Crippen LogP contribution in [0.2, 0.25) is 0 Å². The van der Waals surface area contributed by atoms with Crippen molar-refractivity contribution in [1.82, 2.24) is 0 Å². The molecule has 19 heavy (non-hydrogen) atoms. The van der Waals surface area contributed by atoms with E-state index in [-0.39, 0.29) is 0 Å². The Kier molecular flexibility index (Phi) is 5.00. The molecule has 0 radical (unpaired) electrons. The molecule has 1 fully saturated rings. The highest BCUT2D eigenvalue weighted by Crippen LogP contribution is 2.23. The van der Waals surface area contributed by atoms with Crippen molar-refractivity contribution < 1.29 is 0 Å². The normalized spacial score (nSPS) is 17.9. The minimum atomic E-state index is 0.564. The summed E-state index contributed by atoms with van der Waals surface area (Å²) in [5.74, 6) is 2.01. The van der Waals surface area contributed by atoms with Gasteiger partial charge in [-0.2, -0.15) is 0 Å². The number of amidine groups is 1. The summed E-state index contributed by atoms with van der Waals surface area (Å²) in [6, 6.07) is 8.50. The number of nitrogens with zero attached hydrogens (tertiary/aromatic N) is 1. The Balaban J connectivity index is 1.95. The van der Waals surface area contributed by atoms with Gasteiger partial charge in [0.2, 0.25) is 0 Å². The van der Waals surface area contributed by atoms with E-state index in [9.17, 15) is 0 Å². The third kappa shape index (κ3) is 4.09. The molecule has 0 spiro atoms. The third-order valence-corrected chi connectivity index (χ3v) is 4.12. The first-order valence-corrected chi connectivity index (χ1v) is 7.57. The van der Waals surface area contributed by atoms with Gasteiger partial charge in [0.25, 0.3) is 0 Å². The van der Waals surface area contributed by atoms with Crippen molar-refractivity contribution in [2.45, 2.75) is 51.9 Å². The average Bonchev–Trinajstić information content (AvgIpc) is 2.46. The van der Waals surface area contributed by atoms with Gasteiger partial charge in [-0.15, -0.1) is 0 Å². The van der Waals surface area contributed by atoms with Crippen LogP contribution in [0.4, 0.5) is 0 Å². The molecule has 1 aliphatic rings. The summed E-state index contributed by atoms with van der Waals surface area (Å²) in [6.45, 7) is 5.31. The monoisotopic (exact) mass is 258 g/mol. The number of aliphatic imine (C=N–C) groups is 1. The predicted octanol–water partition coefficient (Wildman–Crippen LogP) is 4.10. The molecule has 1 aromatic rings. The maximum atomic E-state index is 6.09. The summed E-state index contributed by atoms with van der Waals surface area (Å²) in [6.07, 6.45) is 6.77. The zero-order chi connectivity index (χ0) is 13.7. The van der Waals surface area contributed by atoms with Crippen LogP contribution in [0.15, 0.2) is 29.3 Å². The fraction of sp³-hybridized carbons (Fsp3) is 0.588. The molecule has 2 nitrogen and oxygen atoms in total. The Morgan fingerprint density at radius 2 is 1.79 bits per heavy atom. The smallest absolute Gasteiger partial charge is 0.125 e. The number of hydrogen-bond donors (Lipinski definition) is 1. The van der Waals surface area contributed by atoms with Crippen LogP contribution < -0.4 is 5.73 Å². The molecule has 0 bridgehead atoms. The van der Waals surface area contributed by atoms with E-state index in [4.69, 9.17) is 5.73 Å². The van der Waals surface area contributed by atoms with E-state index in [1.165, 1.54) is 37.7 Å². The van der Waals surface area contributed by atoms with Crippen molar-refractivity contribution >= 4 is 5.84 Å². The van der Waals surface area contributed by atoms with Crippen LogP contribution in [0.25, 0.3) is 0 Å². The third-order valence-electron chi connectivity index (χ3n) is 4.12. The van der Waals surface area contributed by atoms with Gasteiger partial charge in [0, 0.05) is 12.1 Å². The van der Waals surface area contributed by atoms with E-state index in [0.717, 1.165) is 18.0 Å². The number of benzene rings is 1. The van der Waals surface area contributed by atoms with Crippen molar-refractivity contribution in [2.24, 2.45) is 16.6 Å². The van der Waals surface area contributed by atoms with Crippen LogP contribution in [0.3, 0.4) is 0 Å². The van der Waals surface area contributed by atoms with Gasteiger partial charge in [-0.05, 0) is 30.2 Å². The lowest BCUT2D eigenvalue weighted by Gasteiger charge is -2.19. The van der Waals surface area contributed by atoms with Gasteiger partial charge < -0.3 is 5.73 Å². The second-order valence-corrected chi connectivity index (χ2v) is 6.01. The minimum Gasteiger partial charge on any atom is -0.384 e. The molecule has 0 heterocycles. The molecule has 1 aromatic carbocycles. The molecule has 0 atom stereocenters. The maximum absolute atomic E-state index is 6.09. The lowest BCUT2D eigenvalue weighted by molar-refractivity contribution is 0.367. The molecule has 0 aromatic heterocycles. The van der Waals surface area contributed by atoms with Crippen molar-refractivity contribution in [3.8, 4) is 0 Å². The molecule has 1 saturated carbocycles. The molecule has 0 unspecified atom stereocenters. The molecule has 0 aliphatic heterocycles. The summed E-state index contributed by atoms with van der Waals surface area (Å²) in [7, 11) is 0. The standard InChI is InChI=1S/C17H26N2/c1-13(2)15-8-10-16(11-9-15)17(18)19-12-14-6-4-3-5-7-14/h8-11,13-14H,3-7,12H2,1-2H3,(H2,18,19). The topological polar surface area (TPSA) is 38.4 Å². The highest BCUT2D eigenvalue weighted by atomic mass is 14.9. The van der Waals surface area contributed by atoms with Gasteiger partial charge in [-0.3, -0.25) is 4.99 Å². The molecule has 2 N–H and O–H groups in total. The van der Waals surface area contributed by atoms with E-state index < -0.39 is 0 Å². The SMILES string of the molecule is CC(C)c1ccc(C(N)=NCC2CCCCC2)cc1. The summed E-state index contributed by atoms with van der Waals surface area (Å²) >= 11 is 0. The van der Waals surface area contributed by atoms with E-state index in [2.05, 4.69) is 43.1 Å². The van der Waals surface area contributed by atoms with Crippen molar-refractivity contribution in [2.75, 3.05) is 6.54 Å². The highest BCUT2D eigenvalue weighted by molar-refractivity contribution is 5.97. The first-order valence-electron chi connectivity index (χ1n) is 7.57. The van der Waals surface area contributed by atoms with Gasteiger partial charge in [0.05, 0.1) is 0 Å². The second kappa shape index (κ2) is 6.74. The van der Waals surface area contributed by atoms with Crippen LogP contribution in [0.5, 0.6) is 0 Å². The van der Waals surface area contributed by atoms with Crippen LogP contribution >= 0.6 is 0 Å². The lowest BCUT2D eigenvalue weighted by atomic mass is 9.89. The van der Waals surface area contributed by atoms with Gasteiger partial charge in [-0.25, -0.2) is 0 Å². The highest BCUT2D eigenvalue weighted by Gasteiger charge is 2.12. The van der Waals surface area contributed by atoms with E-state index >= 15 is 0 Å². The van der Waals surface area contributed by atoms with E-state index in [1.807, 2.05) is 0 Å². The summed E-state index contributed by atoms with van der Waals surface area (Å²) < 4.78 is 0. The largest absolute Gasteiger partial charge is 0.384 e. The van der Waals surface area contributed by atoms with Gasteiger partial charge in [-0.1, -0.05) is 57.4 Å². The molecule has 1 aliphatic carbocycles. The Morgan fingerprint density at radius 3 is 2.37 bits per heavy atom. The van der Waals surface area contributed by atoms with Crippen LogP contribution in [0, 0.1) is 5.92 Å². The maximum Gasteiger partial charge on any atom is 0.125 e. The fourth-order valence-corrected chi connectivity index (χ4v) is 2.73. The Morgan fingerprint density at radius 1 is 1.16 bits per heavy atom. The first-order chi connectivity index (χ1) is 9.16. The van der Waals surface area contributed by atoms with E-state index in [0.29, 0.717) is 11.8 Å². The zero-order valence-corrected chi connectivity index (χ0v) is 12.2. The first kappa shape index (κ1) is 14.1. The van der Waals surface area contributed by atoms with Gasteiger partial charge in [0.15, 0.2) is 0 Å². The molecule has 2 rings (SSSR count). The number of hydrogen-bond acceptors (Lipinski definition) is 1. The molecule has 0 saturated heterocycles. The number of rotatable bonds is 4. The second-order valence-electron chi connectivity index (χ2n) is 6.01. The molecular weight excluding hydrogens is 232 g/mol. The lowest BCUT2D eigenvalue weighted by Crippen LogP contribution is -2.17. The fourth-order valence-electron chi connectivity index (χ4n) is 2.73. The molecule has 2 heteroatoms.